The Kier molecular flexibility index (Phi) is 1.90. The fraction of sp³-hybridized carbons (Fsp3) is 0. The normalized spacial score (nSPS) is 10.8. The zero-order chi connectivity index (χ0) is 11.0. The van der Waals surface area contributed by atoms with E-state index in [0.29, 0.717) is 5.75 Å². The summed E-state index contributed by atoms with van der Waals surface area (Å²) < 4.78 is 0. The van der Waals surface area contributed by atoms with E-state index in [1.165, 1.54) is 0 Å². The standard InChI is InChI=1S/C13H10N2O/c16-13-6-2-3-9-10(4-1-5-11(9)13)12-7-14-8-15-12/h1-8,16H,(H,14,15). The molecule has 3 nitrogen and oxygen atoms in total. The molecule has 0 aliphatic heterocycles. The largest absolute Gasteiger partial charge is 0.507 e. The molecule has 2 aromatic carbocycles. The van der Waals surface area contributed by atoms with Gasteiger partial charge in [0.25, 0.3) is 0 Å². The van der Waals surface area contributed by atoms with Crippen LogP contribution in [-0.2, 0) is 0 Å². The van der Waals surface area contributed by atoms with Crippen LogP contribution >= 0.6 is 0 Å². The number of phenolic OH excluding ortho intramolecular Hbond substituents is 1. The average Bonchev–Trinajstić information content (AvgIpc) is 2.82. The Morgan fingerprint density at radius 3 is 2.62 bits per heavy atom. The summed E-state index contributed by atoms with van der Waals surface area (Å²) in [4.78, 5) is 7.08. The molecule has 0 unspecified atom stereocenters. The lowest BCUT2D eigenvalue weighted by Gasteiger charge is -2.05. The first-order valence-electron chi connectivity index (χ1n) is 5.06. The molecule has 0 spiro atoms. The maximum atomic E-state index is 9.77. The number of nitrogens with one attached hydrogen (secondary N) is 1. The van der Waals surface area contributed by atoms with Crippen molar-refractivity contribution < 1.29 is 5.11 Å². The Balaban J connectivity index is 2.38. The minimum absolute atomic E-state index is 0.305. The van der Waals surface area contributed by atoms with Crippen LogP contribution in [0.15, 0.2) is 48.9 Å². The number of phenols is 1. The minimum atomic E-state index is 0.305. The zero-order valence-corrected chi connectivity index (χ0v) is 8.51. The third kappa shape index (κ3) is 1.26. The maximum absolute atomic E-state index is 9.77. The van der Waals surface area contributed by atoms with Crippen molar-refractivity contribution in [2.75, 3.05) is 0 Å². The number of H-pyrrole nitrogens is 1. The number of rotatable bonds is 1. The summed E-state index contributed by atoms with van der Waals surface area (Å²) in [6.45, 7) is 0. The van der Waals surface area contributed by atoms with Gasteiger partial charge >= 0.3 is 0 Å². The van der Waals surface area contributed by atoms with E-state index in [1.807, 2.05) is 30.3 Å². The molecule has 0 saturated heterocycles. The first kappa shape index (κ1) is 8.97. The topological polar surface area (TPSA) is 48.9 Å². The first-order valence-corrected chi connectivity index (χ1v) is 5.06. The van der Waals surface area contributed by atoms with E-state index in [9.17, 15) is 5.11 Å². The van der Waals surface area contributed by atoms with E-state index in [1.54, 1.807) is 18.6 Å². The SMILES string of the molecule is Oc1cccc2c(-c3cnc[nH]3)cccc12. The second-order valence-corrected chi connectivity index (χ2v) is 3.64. The summed E-state index contributed by atoms with van der Waals surface area (Å²) in [5.74, 6) is 0.305. The molecule has 0 fully saturated rings. The molecular formula is C13H10N2O. The molecule has 1 aromatic heterocycles. The quantitative estimate of drug-likeness (QED) is 0.648. The summed E-state index contributed by atoms with van der Waals surface area (Å²) >= 11 is 0. The van der Waals surface area contributed by atoms with Gasteiger partial charge in [-0.25, -0.2) is 4.98 Å². The summed E-state index contributed by atoms with van der Waals surface area (Å²) in [6.07, 6.45) is 3.43. The molecule has 78 valence electrons. The van der Waals surface area contributed by atoms with Crippen molar-refractivity contribution in [3.63, 3.8) is 0 Å². The molecule has 0 atom stereocenters. The minimum Gasteiger partial charge on any atom is -0.507 e. The zero-order valence-electron chi connectivity index (χ0n) is 8.51. The van der Waals surface area contributed by atoms with Gasteiger partial charge in [0.15, 0.2) is 0 Å². The van der Waals surface area contributed by atoms with Crippen LogP contribution in [0.2, 0.25) is 0 Å². The molecule has 0 aliphatic carbocycles. The summed E-state index contributed by atoms with van der Waals surface area (Å²) in [6, 6.07) is 11.4. The van der Waals surface area contributed by atoms with Crippen LogP contribution in [0.25, 0.3) is 22.0 Å². The second-order valence-electron chi connectivity index (χ2n) is 3.64. The predicted molar refractivity (Wildman–Crippen MR) is 63.2 cm³/mol. The van der Waals surface area contributed by atoms with Crippen LogP contribution in [0.3, 0.4) is 0 Å². The van der Waals surface area contributed by atoms with E-state index in [2.05, 4.69) is 9.97 Å². The number of aromatic hydroxyl groups is 1. The van der Waals surface area contributed by atoms with Crippen molar-refractivity contribution in [3.8, 4) is 17.0 Å². The highest BCUT2D eigenvalue weighted by Crippen LogP contribution is 2.31. The van der Waals surface area contributed by atoms with Crippen LogP contribution < -0.4 is 0 Å². The van der Waals surface area contributed by atoms with Gasteiger partial charge in [-0.05, 0) is 11.5 Å². The summed E-state index contributed by atoms with van der Waals surface area (Å²) in [5, 5.41) is 11.6. The highest BCUT2D eigenvalue weighted by atomic mass is 16.3. The molecule has 3 heteroatoms. The Morgan fingerprint density at radius 2 is 1.81 bits per heavy atom. The third-order valence-corrected chi connectivity index (χ3v) is 2.69. The lowest BCUT2D eigenvalue weighted by Crippen LogP contribution is -1.81. The maximum Gasteiger partial charge on any atom is 0.123 e. The van der Waals surface area contributed by atoms with Gasteiger partial charge in [0.2, 0.25) is 0 Å². The van der Waals surface area contributed by atoms with Crippen molar-refractivity contribution in [2.45, 2.75) is 0 Å². The van der Waals surface area contributed by atoms with Crippen LogP contribution in [0.4, 0.5) is 0 Å². The number of hydrogen-bond donors (Lipinski definition) is 2. The van der Waals surface area contributed by atoms with E-state index in [-0.39, 0.29) is 0 Å². The highest BCUT2D eigenvalue weighted by molar-refractivity contribution is 5.98. The van der Waals surface area contributed by atoms with E-state index >= 15 is 0 Å². The number of fused-ring (bicyclic) bond motifs is 1. The third-order valence-electron chi connectivity index (χ3n) is 2.69. The summed E-state index contributed by atoms with van der Waals surface area (Å²) in [7, 11) is 0. The first-order chi connectivity index (χ1) is 7.86. The smallest absolute Gasteiger partial charge is 0.123 e. The highest BCUT2D eigenvalue weighted by Gasteiger charge is 2.06. The van der Waals surface area contributed by atoms with Crippen LogP contribution in [-0.4, -0.2) is 15.1 Å². The number of nitrogens with zero attached hydrogens (tertiary/aromatic N) is 1. The molecule has 1 heterocycles. The van der Waals surface area contributed by atoms with Crippen LogP contribution in [0, 0.1) is 0 Å². The van der Waals surface area contributed by atoms with Gasteiger partial charge in [-0.1, -0.05) is 30.3 Å². The van der Waals surface area contributed by atoms with Crippen molar-refractivity contribution >= 4 is 10.8 Å². The van der Waals surface area contributed by atoms with Gasteiger partial charge in [-0.2, -0.15) is 0 Å². The number of imidazole rings is 1. The molecule has 2 N–H and O–H groups in total. The number of benzene rings is 2. The number of aromatic amines is 1. The van der Waals surface area contributed by atoms with Gasteiger partial charge < -0.3 is 10.1 Å². The van der Waals surface area contributed by atoms with E-state index in [4.69, 9.17) is 0 Å². The molecule has 3 rings (SSSR count). The Bertz CT molecular complexity index is 629. The molecule has 0 radical (unpaired) electrons. The van der Waals surface area contributed by atoms with Crippen LogP contribution in [0.1, 0.15) is 0 Å². The predicted octanol–water partition coefficient (Wildman–Crippen LogP) is 2.94. The molecule has 0 bridgehead atoms. The molecular weight excluding hydrogens is 200 g/mol. The Hall–Kier alpha value is -2.29. The Morgan fingerprint density at radius 1 is 1.00 bits per heavy atom. The summed E-state index contributed by atoms with van der Waals surface area (Å²) in [5.41, 5.74) is 2.00. The van der Waals surface area contributed by atoms with Crippen molar-refractivity contribution in [2.24, 2.45) is 0 Å². The molecule has 16 heavy (non-hydrogen) atoms. The van der Waals surface area contributed by atoms with Crippen LogP contribution in [0.5, 0.6) is 5.75 Å². The van der Waals surface area contributed by atoms with Gasteiger partial charge in [0.05, 0.1) is 18.2 Å². The fourth-order valence-corrected chi connectivity index (χ4v) is 1.93. The number of hydrogen-bond acceptors (Lipinski definition) is 2. The van der Waals surface area contributed by atoms with Crippen molar-refractivity contribution in [3.05, 3.63) is 48.9 Å². The van der Waals surface area contributed by atoms with Gasteiger partial charge in [0, 0.05) is 10.9 Å². The lowest BCUT2D eigenvalue weighted by atomic mass is 10.0. The van der Waals surface area contributed by atoms with Crippen molar-refractivity contribution in [1.29, 1.82) is 0 Å². The van der Waals surface area contributed by atoms with Gasteiger partial charge in [-0.3, -0.25) is 0 Å². The molecule has 0 saturated carbocycles. The second kappa shape index (κ2) is 3.38. The van der Waals surface area contributed by atoms with E-state index < -0.39 is 0 Å². The molecule has 0 amide bonds. The van der Waals surface area contributed by atoms with E-state index in [0.717, 1.165) is 22.0 Å². The monoisotopic (exact) mass is 210 g/mol. The van der Waals surface area contributed by atoms with Crippen molar-refractivity contribution in [1.82, 2.24) is 9.97 Å². The number of aromatic nitrogens is 2. The molecule has 3 aromatic rings. The van der Waals surface area contributed by atoms with Gasteiger partial charge in [0.1, 0.15) is 5.75 Å². The fourth-order valence-electron chi connectivity index (χ4n) is 1.93. The lowest BCUT2D eigenvalue weighted by molar-refractivity contribution is 0.481. The average molecular weight is 210 g/mol. The van der Waals surface area contributed by atoms with Gasteiger partial charge in [-0.15, -0.1) is 0 Å². The molecule has 0 aliphatic rings. The Labute approximate surface area is 92.4 Å².